The molecule has 1 aromatic rings. The molecule has 0 bridgehead atoms. The van der Waals surface area contributed by atoms with Gasteiger partial charge in [-0.05, 0) is 42.7 Å². The van der Waals surface area contributed by atoms with Crippen molar-refractivity contribution >= 4 is 30.7 Å². The molecule has 1 heterocycles. The normalized spacial score (nSPS) is 23.3. The lowest BCUT2D eigenvalue weighted by Crippen LogP contribution is -2.35. The van der Waals surface area contributed by atoms with Gasteiger partial charge in [-0.25, -0.2) is 0 Å². The number of aliphatic hydroxyl groups is 1. The zero-order chi connectivity index (χ0) is 17.6. The van der Waals surface area contributed by atoms with Crippen LogP contribution in [0.15, 0.2) is 24.3 Å². The fraction of sp³-hybridized carbons (Fsp3) is 0.650. The summed E-state index contributed by atoms with van der Waals surface area (Å²) >= 11 is 0. The summed E-state index contributed by atoms with van der Waals surface area (Å²) in [7, 11) is 0. The van der Waals surface area contributed by atoms with Crippen LogP contribution >= 0.6 is 24.8 Å². The van der Waals surface area contributed by atoms with E-state index in [1.165, 1.54) is 11.1 Å². The van der Waals surface area contributed by atoms with Crippen LogP contribution in [0.1, 0.15) is 49.7 Å². The average Bonchev–Trinajstić information content (AvgIpc) is 3.01. The van der Waals surface area contributed by atoms with Gasteiger partial charge in [0.2, 0.25) is 5.91 Å². The number of carbonyl (C=O) groups excluding carboxylic acids is 1. The third kappa shape index (κ3) is 7.24. The summed E-state index contributed by atoms with van der Waals surface area (Å²) in [6.07, 6.45) is 5.37. The van der Waals surface area contributed by atoms with E-state index in [1.807, 2.05) is 6.07 Å². The molecule has 1 aliphatic carbocycles. The number of likely N-dealkylation sites (tertiary alicyclic amines) is 1. The summed E-state index contributed by atoms with van der Waals surface area (Å²) in [6, 6.07) is 8.50. The van der Waals surface area contributed by atoms with E-state index in [-0.39, 0.29) is 42.9 Å². The fourth-order valence-electron chi connectivity index (χ4n) is 4.03. The van der Waals surface area contributed by atoms with Crippen molar-refractivity contribution in [2.75, 3.05) is 13.1 Å². The van der Waals surface area contributed by atoms with Crippen LogP contribution in [-0.4, -0.2) is 41.1 Å². The zero-order valence-electron chi connectivity index (χ0n) is 15.8. The Labute approximate surface area is 174 Å². The molecule has 0 spiro atoms. The third-order valence-electron chi connectivity index (χ3n) is 5.71. The van der Waals surface area contributed by atoms with Gasteiger partial charge < -0.3 is 16.2 Å². The number of nitrogens with zero attached hydrogens (tertiary/aromatic N) is 1. The summed E-state index contributed by atoms with van der Waals surface area (Å²) in [5.74, 6) is 0.452. The molecule has 1 saturated carbocycles. The Balaban J connectivity index is 0.00000182. The third-order valence-corrected chi connectivity index (χ3v) is 5.71. The van der Waals surface area contributed by atoms with E-state index in [0.717, 1.165) is 51.7 Å². The minimum absolute atomic E-state index is 0. The van der Waals surface area contributed by atoms with Gasteiger partial charge in [0, 0.05) is 38.6 Å². The van der Waals surface area contributed by atoms with Crippen molar-refractivity contribution in [1.29, 1.82) is 0 Å². The van der Waals surface area contributed by atoms with Crippen molar-refractivity contribution in [3.63, 3.8) is 0 Å². The van der Waals surface area contributed by atoms with Gasteiger partial charge in [0.25, 0.3) is 0 Å². The first-order valence-electron chi connectivity index (χ1n) is 9.61. The van der Waals surface area contributed by atoms with Gasteiger partial charge in [0.1, 0.15) is 0 Å². The van der Waals surface area contributed by atoms with Gasteiger partial charge in [-0.2, -0.15) is 0 Å². The Morgan fingerprint density at radius 3 is 2.41 bits per heavy atom. The number of aliphatic hydroxyl groups excluding tert-OH is 1. The smallest absolute Gasteiger partial charge is 0.220 e. The van der Waals surface area contributed by atoms with Crippen LogP contribution in [-0.2, 0) is 17.9 Å². The van der Waals surface area contributed by atoms with E-state index in [1.54, 1.807) is 0 Å². The summed E-state index contributed by atoms with van der Waals surface area (Å²) in [4.78, 5) is 14.6. The second kappa shape index (κ2) is 11.9. The maximum absolute atomic E-state index is 12.3. The monoisotopic (exact) mass is 417 g/mol. The first kappa shape index (κ1) is 24.2. The number of rotatable bonds is 6. The van der Waals surface area contributed by atoms with Crippen molar-refractivity contribution in [3.05, 3.63) is 35.4 Å². The van der Waals surface area contributed by atoms with Crippen LogP contribution < -0.4 is 11.1 Å². The molecule has 27 heavy (non-hydrogen) atoms. The van der Waals surface area contributed by atoms with Crippen LogP contribution in [0.4, 0.5) is 0 Å². The summed E-state index contributed by atoms with van der Waals surface area (Å²) < 4.78 is 0. The quantitative estimate of drug-likeness (QED) is 0.664. The standard InChI is InChI=1S/C20H31N3O2.2ClH/c21-19-7-3-6-15(19)12-20(25)22-13-16-4-1-2-5-17(16)14-23-10-8-18(24)9-11-23;;/h1-2,4-5,15,18-19,24H,3,6-14,21H2,(H,22,25);2*1H/t15-,19+;;/m0../s1. The predicted octanol–water partition coefficient (Wildman–Crippen LogP) is 2.62. The van der Waals surface area contributed by atoms with E-state index in [4.69, 9.17) is 5.73 Å². The zero-order valence-corrected chi connectivity index (χ0v) is 17.4. The Hall–Kier alpha value is -0.850. The highest BCUT2D eigenvalue weighted by molar-refractivity contribution is 5.85. The maximum Gasteiger partial charge on any atom is 0.220 e. The van der Waals surface area contributed by atoms with E-state index in [2.05, 4.69) is 28.4 Å². The van der Waals surface area contributed by atoms with Gasteiger partial charge in [-0.3, -0.25) is 9.69 Å². The molecule has 3 rings (SSSR count). The van der Waals surface area contributed by atoms with Gasteiger partial charge in [0.05, 0.1) is 6.10 Å². The maximum atomic E-state index is 12.3. The first-order valence-corrected chi connectivity index (χ1v) is 9.61. The SMILES string of the molecule is Cl.Cl.N[C@@H]1CCC[C@H]1CC(=O)NCc1ccccc1CN1CCC(O)CC1. The van der Waals surface area contributed by atoms with Crippen molar-refractivity contribution in [2.45, 2.75) is 63.8 Å². The van der Waals surface area contributed by atoms with Gasteiger partial charge in [0.15, 0.2) is 0 Å². The fourth-order valence-corrected chi connectivity index (χ4v) is 4.03. The van der Waals surface area contributed by atoms with E-state index >= 15 is 0 Å². The van der Waals surface area contributed by atoms with Gasteiger partial charge in [-0.15, -0.1) is 24.8 Å². The number of amides is 1. The average molecular weight is 418 g/mol. The Kier molecular flexibility index (Phi) is 10.6. The number of piperidine rings is 1. The number of halogens is 2. The van der Waals surface area contributed by atoms with Crippen LogP contribution in [0.2, 0.25) is 0 Å². The molecule has 154 valence electrons. The molecule has 2 atom stereocenters. The Morgan fingerprint density at radius 1 is 1.11 bits per heavy atom. The second-order valence-corrected chi connectivity index (χ2v) is 7.61. The highest BCUT2D eigenvalue weighted by Crippen LogP contribution is 2.26. The van der Waals surface area contributed by atoms with E-state index < -0.39 is 0 Å². The van der Waals surface area contributed by atoms with Gasteiger partial charge >= 0.3 is 0 Å². The second-order valence-electron chi connectivity index (χ2n) is 7.61. The highest BCUT2D eigenvalue weighted by atomic mass is 35.5. The number of hydrogen-bond donors (Lipinski definition) is 3. The molecule has 1 aromatic carbocycles. The predicted molar refractivity (Wildman–Crippen MR) is 113 cm³/mol. The lowest BCUT2D eigenvalue weighted by Gasteiger charge is -2.30. The molecular weight excluding hydrogens is 385 g/mol. The van der Waals surface area contributed by atoms with Gasteiger partial charge in [-0.1, -0.05) is 30.7 Å². The molecule has 7 heteroatoms. The van der Waals surface area contributed by atoms with Crippen molar-refractivity contribution < 1.29 is 9.90 Å². The summed E-state index contributed by atoms with van der Waals surface area (Å²) in [6.45, 7) is 3.32. The molecule has 1 aliphatic heterocycles. The number of hydrogen-bond acceptors (Lipinski definition) is 4. The summed E-state index contributed by atoms with van der Waals surface area (Å²) in [5.41, 5.74) is 8.51. The lowest BCUT2D eigenvalue weighted by atomic mass is 9.99. The largest absolute Gasteiger partial charge is 0.393 e. The number of nitrogens with two attached hydrogens (primary N) is 1. The molecule has 0 radical (unpaired) electrons. The minimum atomic E-state index is -0.146. The number of nitrogens with one attached hydrogen (secondary N) is 1. The molecule has 0 unspecified atom stereocenters. The van der Waals surface area contributed by atoms with Crippen molar-refractivity contribution in [1.82, 2.24) is 10.2 Å². The Bertz CT molecular complexity index is 580. The minimum Gasteiger partial charge on any atom is -0.393 e. The first-order chi connectivity index (χ1) is 12.1. The Morgan fingerprint density at radius 2 is 1.78 bits per heavy atom. The summed E-state index contributed by atoms with van der Waals surface area (Å²) in [5, 5.41) is 12.7. The number of carbonyl (C=O) groups is 1. The lowest BCUT2D eigenvalue weighted by molar-refractivity contribution is -0.122. The van der Waals surface area contributed by atoms with Crippen LogP contribution in [0.25, 0.3) is 0 Å². The molecule has 5 nitrogen and oxygen atoms in total. The van der Waals surface area contributed by atoms with Crippen molar-refractivity contribution in [3.8, 4) is 0 Å². The van der Waals surface area contributed by atoms with Crippen LogP contribution in [0, 0.1) is 5.92 Å². The molecule has 2 fully saturated rings. The molecule has 0 aromatic heterocycles. The van der Waals surface area contributed by atoms with E-state index in [9.17, 15) is 9.90 Å². The molecule has 1 amide bonds. The van der Waals surface area contributed by atoms with Crippen LogP contribution in [0.5, 0.6) is 0 Å². The molecule has 2 aliphatic rings. The van der Waals surface area contributed by atoms with E-state index in [0.29, 0.717) is 18.9 Å². The van der Waals surface area contributed by atoms with Crippen molar-refractivity contribution in [2.24, 2.45) is 11.7 Å². The molecule has 4 N–H and O–H groups in total. The van der Waals surface area contributed by atoms with Crippen LogP contribution in [0.3, 0.4) is 0 Å². The molecular formula is C20H33Cl2N3O2. The topological polar surface area (TPSA) is 78.6 Å². The molecule has 1 saturated heterocycles. The highest BCUT2D eigenvalue weighted by Gasteiger charge is 2.26. The number of benzene rings is 1.